The SMILES string of the molecule is C/C=C(\C(=O)OC)c1csc(N)n1. The van der Waals surface area contributed by atoms with Crippen molar-refractivity contribution in [1.82, 2.24) is 4.98 Å². The van der Waals surface area contributed by atoms with Crippen LogP contribution in [0.1, 0.15) is 12.6 Å². The summed E-state index contributed by atoms with van der Waals surface area (Å²) in [5, 5.41) is 2.17. The topological polar surface area (TPSA) is 65.2 Å². The largest absolute Gasteiger partial charge is 0.465 e. The van der Waals surface area contributed by atoms with E-state index in [1.54, 1.807) is 18.4 Å². The smallest absolute Gasteiger partial charge is 0.339 e. The first-order valence-electron chi connectivity index (χ1n) is 3.65. The quantitative estimate of drug-likeness (QED) is 0.574. The number of ether oxygens (including phenoxy) is 1. The van der Waals surface area contributed by atoms with E-state index in [1.165, 1.54) is 18.4 Å². The van der Waals surface area contributed by atoms with E-state index in [-0.39, 0.29) is 0 Å². The van der Waals surface area contributed by atoms with Crippen LogP contribution < -0.4 is 5.73 Å². The van der Waals surface area contributed by atoms with Crippen LogP contribution in [0.25, 0.3) is 5.57 Å². The minimum Gasteiger partial charge on any atom is -0.465 e. The van der Waals surface area contributed by atoms with Gasteiger partial charge in [0.1, 0.15) is 0 Å². The minimum atomic E-state index is -0.396. The summed E-state index contributed by atoms with van der Waals surface area (Å²) in [4.78, 5) is 15.2. The number of methoxy groups -OCH3 is 1. The molecular formula is C8H10N2O2S. The second kappa shape index (κ2) is 4.04. The van der Waals surface area contributed by atoms with Crippen molar-refractivity contribution >= 4 is 28.0 Å². The number of carbonyl (C=O) groups is 1. The molecule has 4 nitrogen and oxygen atoms in total. The van der Waals surface area contributed by atoms with Gasteiger partial charge in [0.25, 0.3) is 0 Å². The maximum absolute atomic E-state index is 11.2. The molecule has 2 N–H and O–H groups in total. The van der Waals surface area contributed by atoms with Crippen molar-refractivity contribution in [2.75, 3.05) is 12.8 Å². The lowest BCUT2D eigenvalue weighted by atomic mass is 10.2. The third-order valence-electron chi connectivity index (χ3n) is 1.49. The van der Waals surface area contributed by atoms with Gasteiger partial charge in [0.15, 0.2) is 5.13 Å². The standard InChI is InChI=1S/C8H10N2O2S/c1-3-5(7(11)12-2)6-4-13-8(9)10-6/h3-4H,1-2H3,(H2,9,10)/b5-3-. The van der Waals surface area contributed by atoms with Crippen LogP contribution >= 0.6 is 11.3 Å². The minimum absolute atomic E-state index is 0.396. The molecule has 0 aliphatic carbocycles. The molecule has 0 aliphatic heterocycles. The van der Waals surface area contributed by atoms with Gasteiger partial charge in [-0.1, -0.05) is 6.08 Å². The summed E-state index contributed by atoms with van der Waals surface area (Å²) in [7, 11) is 1.33. The van der Waals surface area contributed by atoms with Crippen molar-refractivity contribution < 1.29 is 9.53 Å². The van der Waals surface area contributed by atoms with Crippen molar-refractivity contribution in [1.29, 1.82) is 0 Å². The van der Waals surface area contributed by atoms with Gasteiger partial charge in [-0.15, -0.1) is 11.3 Å². The highest BCUT2D eigenvalue weighted by atomic mass is 32.1. The first-order valence-corrected chi connectivity index (χ1v) is 4.53. The predicted octanol–water partition coefficient (Wildman–Crippen LogP) is 1.30. The van der Waals surface area contributed by atoms with Crippen molar-refractivity contribution in [3.05, 3.63) is 17.2 Å². The summed E-state index contributed by atoms with van der Waals surface area (Å²) < 4.78 is 4.58. The van der Waals surface area contributed by atoms with Crippen molar-refractivity contribution in [3.63, 3.8) is 0 Å². The fourth-order valence-electron chi connectivity index (χ4n) is 0.892. The molecule has 5 heteroatoms. The summed E-state index contributed by atoms with van der Waals surface area (Å²) in [5.74, 6) is -0.396. The average molecular weight is 198 g/mol. The Morgan fingerprint density at radius 2 is 2.46 bits per heavy atom. The van der Waals surface area contributed by atoms with Crippen LogP contribution in [0.5, 0.6) is 0 Å². The van der Waals surface area contributed by atoms with E-state index in [4.69, 9.17) is 5.73 Å². The molecule has 1 aromatic rings. The average Bonchev–Trinajstić information content (AvgIpc) is 2.53. The van der Waals surface area contributed by atoms with Crippen LogP contribution in [0.4, 0.5) is 5.13 Å². The number of hydrogen-bond donors (Lipinski definition) is 1. The number of carbonyl (C=O) groups excluding carboxylic acids is 1. The normalized spacial score (nSPS) is 11.4. The van der Waals surface area contributed by atoms with Gasteiger partial charge >= 0.3 is 5.97 Å². The molecule has 0 fully saturated rings. The molecule has 0 spiro atoms. The zero-order valence-electron chi connectivity index (χ0n) is 7.40. The van der Waals surface area contributed by atoms with E-state index in [0.29, 0.717) is 16.4 Å². The number of hydrogen-bond acceptors (Lipinski definition) is 5. The van der Waals surface area contributed by atoms with Crippen molar-refractivity contribution in [2.45, 2.75) is 6.92 Å². The van der Waals surface area contributed by atoms with Crippen molar-refractivity contribution in [3.8, 4) is 0 Å². The Kier molecular flexibility index (Phi) is 3.02. The molecule has 1 rings (SSSR count). The molecule has 1 heterocycles. The molecule has 0 unspecified atom stereocenters. The third-order valence-corrected chi connectivity index (χ3v) is 2.17. The fraction of sp³-hybridized carbons (Fsp3) is 0.250. The Morgan fingerprint density at radius 3 is 2.85 bits per heavy atom. The van der Waals surface area contributed by atoms with Crippen LogP contribution in [0.3, 0.4) is 0 Å². The molecule has 0 aromatic carbocycles. The monoisotopic (exact) mass is 198 g/mol. The number of esters is 1. The number of rotatable bonds is 2. The van der Waals surface area contributed by atoms with Gasteiger partial charge in [-0.3, -0.25) is 0 Å². The van der Waals surface area contributed by atoms with E-state index in [1.807, 2.05) is 0 Å². The molecule has 0 bridgehead atoms. The summed E-state index contributed by atoms with van der Waals surface area (Å²) in [6.07, 6.45) is 1.65. The lowest BCUT2D eigenvalue weighted by Crippen LogP contribution is -2.03. The van der Waals surface area contributed by atoms with E-state index >= 15 is 0 Å². The number of anilines is 1. The second-order valence-corrected chi connectivity index (χ2v) is 3.15. The Labute approximate surface area is 80.0 Å². The summed E-state index contributed by atoms with van der Waals surface area (Å²) in [5.41, 5.74) is 6.45. The zero-order valence-corrected chi connectivity index (χ0v) is 8.22. The predicted molar refractivity (Wildman–Crippen MR) is 52.2 cm³/mol. The Morgan fingerprint density at radius 1 is 1.77 bits per heavy atom. The molecule has 1 aromatic heterocycles. The third kappa shape index (κ3) is 2.06. The zero-order chi connectivity index (χ0) is 9.84. The van der Waals surface area contributed by atoms with Gasteiger partial charge in [0.05, 0.1) is 18.4 Å². The molecule has 13 heavy (non-hydrogen) atoms. The fourth-order valence-corrected chi connectivity index (χ4v) is 1.45. The molecule has 0 radical (unpaired) electrons. The number of thiazole rings is 1. The lowest BCUT2D eigenvalue weighted by molar-refractivity contribution is -0.133. The molecule has 70 valence electrons. The second-order valence-electron chi connectivity index (χ2n) is 2.26. The van der Waals surface area contributed by atoms with Crippen molar-refractivity contribution in [2.24, 2.45) is 0 Å². The highest BCUT2D eigenvalue weighted by molar-refractivity contribution is 7.13. The van der Waals surface area contributed by atoms with E-state index in [0.717, 1.165) is 0 Å². The van der Waals surface area contributed by atoms with Gasteiger partial charge in [0.2, 0.25) is 0 Å². The van der Waals surface area contributed by atoms with Gasteiger partial charge < -0.3 is 10.5 Å². The molecule has 0 atom stereocenters. The maximum atomic E-state index is 11.2. The van der Waals surface area contributed by atoms with Gasteiger partial charge in [0, 0.05) is 5.38 Å². The Hall–Kier alpha value is -1.36. The number of nitrogens with zero attached hydrogens (tertiary/aromatic N) is 1. The summed E-state index contributed by atoms with van der Waals surface area (Å²) in [6.45, 7) is 1.75. The number of aromatic nitrogens is 1. The van der Waals surface area contributed by atoms with Gasteiger partial charge in [-0.25, -0.2) is 9.78 Å². The molecular weight excluding hydrogens is 188 g/mol. The van der Waals surface area contributed by atoms with Gasteiger partial charge in [-0.05, 0) is 6.92 Å². The lowest BCUT2D eigenvalue weighted by Gasteiger charge is -1.99. The first kappa shape index (κ1) is 9.73. The molecule has 0 saturated heterocycles. The number of nitrogens with two attached hydrogens (primary N) is 1. The molecule has 0 aliphatic rings. The van der Waals surface area contributed by atoms with Crippen LogP contribution in [-0.4, -0.2) is 18.1 Å². The number of nitrogen functional groups attached to an aromatic ring is 1. The van der Waals surface area contributed by atoms with E-state index < -0.39 is 5.97 Å². The van der Waals surface area contributed by atoms with Gasteiger partial charge in [-0.2, -0.15) is 0 Å². The van der Waals surface area contributed by atoms with Crippen LogP contribution in [0.15, 0.2) is 11.5 Å². The first-order chi connectivity index (χ1) is 6.19. The summed E-state index contributed by atoms with van der Waals surface area (Å²) >= 11 is 1.29. The molecule has 0 saturated carbocycles. The number of allylic oxidation sites excluding steroid dienone is 1. The van der Waals surface area contributed by atoms with E-state index in [9.17, 15) is 4.79 Å². The van der Waals surface area contributed by atoms with Crippen LogP contribution in [-0.2, 0) is 9.53 Å². The van der Waals surface area contributed by atoms with E-state index in [2.05, 4.69) is 9.72 Å². The van der Waals surface area contributed by atoms with Crippen LogP contribution in [0, 0.1) is 0 Å². The summed E-state index contributed by atoms with van der Waals surface area (Å²) in [6, 6.07) is 0. The maximum Gasteiger partial charge on any atom is 0.339 e. The highest BCUT2D eigenvalue weighted by Crippen LogP contribution is 2.19. The Bertz CT molecular complexity index is 344. The van der Waals surface area contributed by atoms with Crippen LogP contribution in [0.2, 0.25) is 0 Å². The molecule has 0 amide bonds. The Balaban J connectivity index is 2.99. The highest BCUT2D eigenvalue weighted by Gasteiger charge is 2.13.